The first-order valence-corrected chi connectivity index (χ1v) is 23.8. The summed E-state index contributed by atoms with van der Waals surface area (Å²) in [7, 11) is 0. The van der Waals surface area contributed by atoms with Crippen LogP contribution in [0.1, 0.15) is 257 Å². The van der Waals surface area contributed by atoms with Crippen LogP contribution in [0.2, 0.25) is 0 Å². The molecular formula is C49H92O3. The van der Waals surface area contributed by atoms with E-state index in [0.717, 1.165) is 56.3 Å². The maximum Gasteiger partial charge on any atom is 0.203 e. The Morgan fingerprint density at radius 1 is 0.288 bits per heavy atom. The van der Waals surface area contributed by atoms with Gasteiger partial charge in [-0.3, -0.25) is 0 Å². The highest BCUT2D eigenvalue weighted by Gasteiger charge is 2.15. The van der Waals surface area contributed by atoms with E-state index < -0.39 is 0 Å². The highest BCUT2D eigenvalue weighted by molar-refractivity contribution is 5.53. The maximum absolute atomic E-state index is 6.49. The Balaban J connectivity index is 2.42. The highest BCUT2D eigenvalue weighted by atomic mass is 16.5. The SMILES string of the molecule is CCCCCCCCCCCCCCOc1cc(C)cc(OCCCCCCCCCCCCCC)c1OCCCCCCCCCCCCCC. The lowest BCUT2D eigenvalue weighted by molar-refractivity contribution is 0.234. The van der Waals surface area contributed by atoms with Gasteiger partial charge < -0.3 is 14.2 Å². The van der Waals surface area contributed by atoms with E-state index in [1.807, 2.05) is 0 Å². The Morgan fingerprint density at radius 2 is 0.500 bits per heavy atom. The molecule has 1 aromatic rings. The van der Waals surface area contributed by atoms with E-state index in [1.54, 1.807) is 0 Å². The van der Waals surface area contributed by atoms with Crippen molar-refractivity contribution >= 4 is 0 Å². The summed E-state index contributed by atoms with van der Waals surface area (Å²) in [5.74, 6) is 2.60. The molecule has 0 amide bonds. The van der Waals surface area contributed by atoms with Crippen molar-refractivity contribution < 1.29 is 14.2 Å². The van der Waals surface area contributed by atoms with Gasteiger partial charge in [0.1, 0.15) is 0 Å². The van der Waals surface area contributed by atoms with Gasteiger partial charge in [0, 0.05) is 0 Å². The van der Waals surface area contributed by atoms with Gasteiger partial charge in [-0.05, 0) is 43.9 Å². The number of hydrogen-bond donors (Lipinski definition) is 0. The molecule has 1 rings (SSSR count). The van der Waals surface area contributed by atoms with Crippen molar-refractivity contribution in [2.45, 2.75) is 259 Å². The third-order valence-electron chi connectivity index (χ3n) is 10.9. The zero-order valence-corrected chi connectivity index (χ0v) is 36.0. The molecule has 0 bridgehead atoms. The van der Waals surface area contributed by atoms with E-state index in [2.05, 4.69) is 39.8 Å². The molecule has 0 atom stereocenters. The third-order valence-corrected chi connectivity index (χ3v) is 10.9. The Labute approximate surface area is 326 Å². The molecule has 0 aliphatic rings. The Morgan fingerprint density at radius 3 is 0.750 bits per heavy atom. The van der Waals surface area contributed by atoms with Gasteiger partial charge in [-0.25, -0.2) is 0 Å². The summed E-state index contributed by atoms with van der Waals surface area (Å²) >= 11 is 0. The lowest BCUT2D eigenvalue weighted by Crippen LogP contribution is -2.06. The molecule has 0 aliphatic heterocycles. The van der Waals surface area contributed by atoms with Crippen molar-refractivity contribution in [3.8, 4) is 17.2 Å². The monoisotopic (exact) mass is 729 g/mol. The van der Waals surface area contributed by atoms with Crippen molar-refractivity contribution in [3.05, 3.63) is 17.7 Å². The van der Waals surface area contributed by atoms with Crippen LogP contribution in [-0.4, -0.2) is 19.8 Å². The second kappa shape index (κ2) is 39.3. The smallest absolute Gasteiger partial charge is 0.203 e. The number of hydrogen-bond acceptors (Lipinski definition) is 3. The van der Waals surface area contributed by atoms with Crippen molar-refractivity contribution in [3.63, 3.8) is 0 Å². The molecule has 0 radical (unpaired) electrons. The molecule has 0 unspecified atom stereocenters. The van der Waals surface area contributed by atoms with Gasteiger partial charge in [0.25, 0.3) is 0 Å². The fourth-order valence-electron chi connectivity index (χ4n) is 7.43. The summed E-state index contributed by atoms with van der Waals surface area (Å²) in [5.41, 5.74) is 1.19. The van der Waals surface area contributed by atoms with Crippen LogP contribution in [-0.2, 0) is 0 Å². The summed E-state index contributed by atoms with van der Waals surface area (Å²) in [6, 6.07) is 4.32. The molecule has 0 heterocycles. The van der Waals surface area contributed by atoms with Crippen molar-refractivity contribution in [1.29, 1.82) is 0 Å². The quantitative estimate of drug-likeness (QED) is 0.0627. The van der Waals surface area contributed by atoms with Crippen molar-refractivity contribution in [1.82, 2.24) is 0 Å². The van der Waals surface area contributed by atoms with Gasteiger partial charge in [-0.2, -0.15) is 0 Å². The summed E-state index contributed by atoms with van der Waals surface area (Å²) in [6.07, 6.45) is 48.9. The molecule has 0 saturated carbocycles. The lowest BCUT2D eigenvalue weighted by Gasteiger charge is -2.18. The minimum Gasteiger partial charge on any atom is -0.490 e. The first-order valence-electron chi connectivity index (χ1n) is 23.8. The summed E-state index contributed by atoms with van der Waals surface area (Å²) in [4.78, 5) is 0. The standard InChI is InChI=1S/C49H92O3/c1-5-8-11-14-17-20-23-26-29-32-35-38-41-50-47-44-46(4)45-48(51-42-39-36-33-30-27-24-21-18-15-12-9-6-2)49(47)52-43-40-37-34-31-28-25-22-19-16-13-10-7-3/h44-45H,5-43H2,1-4H3. The van der Waals surface area contributed by atoms with Gasteiger partial charge in [0.2, 0.25) is 5.75 Å². The topological polar surface area (TPSA) is 27.7 Å². The molecule has 52 heavy (non-hydrogen) atoms. The molecule has 0 aromatic heterocycles. The molecular weight excluding hydrogens is 637 g/mol. The van der Waals surface area contributed by atoms with E-state index in [-0.39, 0.29) is 0 Å². The molecule has 0 aliphatic carbocycles. The second-order valence-electron chi connectivity index (χ2n) is 16.3. The fourth-order valence-corrected chi connectivity index (χ4v) is 7.43. The van der Waals surface area contributed by atoms with Crippen LogP contribution >= 0.6 is 0 Å². The van der Waals surface area contributed by atoms with E-state index >= 15 is 0 Å². The van der Waals surface area contributed by atoms with Crippen molar-refractivity contribution in [2.24, 2.45) is 0 Å². The maximum atomic E-state index is 6.49. The van der Waals surface area contributed by atoms with Gasteiger partial charge in [0.15, 0.2) is 11.5 Å². The van der Waals surface area contributed by atoms with Crippen LogP contribution in [0.15, 0.2) is 12.1 Å². The zero-order valence-electron chi connectivity index (χ0n) is 36.0. The molecule has 0 spiro atoms. The third kappa shape index (κ3) is 31.0. The molecule has 0 saturated heterocycles. The van der Waals surface area contributed by atoms with Gasteiger partial charge in [-0.15, -0.1) is 0 Å². The normalized spacial score (nSPS) is 11.4. The number of benzene rings is 1. The summed E-state index contributed by atoms with van der Waals surface area (Å²) in [5, 5.41) is 0. The van der Waals surface area contributed by atoms with Gasteiger partial charge >= 0.3 is 0 Å². The Bertz CT molecular complexity index is 800. The number of rotatable bonds is 42. The first kappa shape index (κ1) is 48.6. The molecule has 3 nitrogen and oxygen atoms in total. The minimum atomic E-state index is 0.740. The Kier molecular flexibility index (Phi) is 36.8. The van der Waals surface area contributed by atoms with E-state index in [9.17, 15) is 0 Å². The average Bonchev–Trinajstić information content (AvgIpc) is 3.14. The van der Waals surface area contributed by atoms with Crippen LogP contribution in [0.3, 0.4) is 0 Å². The minimum absolute atomic E-state index is 0.740. The van der Waals surface area contributed by atoms with Crippen molar-refractivity contribution in [2.75, 3.05) is 19.8 Å². The van der Waals surface area contributed by atoms with Crippen LogP contribution < -0.4 is 14.2 Å². The number of ether oxygens (including phenoxy) is 3. The molecule has 0 N–H and O–H groups in total. The van der Waals surface area contributed by atoms with E-state index in [0.29, 0.717) is 0 Å². The van der Waals surface area contributed by atoms with Gasteiger partial charge in [-0.1, -0.05) is 233 Å². The molecule has 1 aromatic carbocycles. The van der Waals surface area contributed by atoms with Crippen LogP contribution in [0.5, 0.6) is 17.2 Å². The largest absolute Gasteiger partial charge is 0.490 e. The molecule has 0 fully saturated rings. The molecule has 3 heteroatoms. The van der Waals surface area contributed by atoms with Crippen LogP contribution in [0, 0.1) is 6.92 Å². The lowest BCUT2D eigenvalue weighted by atomic mass is 10.1. The second-order valence-corrected chi connectivity index (χ2v) is 16.3. The predicted molar refractivity (Wildman–Crippen MR) is 231 cm³/mol. The van der Waals surface area contributed by atoms with E-state index in [4.69, 9.17) is 14.2 Å². The fraction of sp³-hybridized carbons (Fsp3) is 0.878. The van der Waals surface area contributed by atoms with Crippen LogP contribution in [0.4, 0.5) is 0 Å². The number of aryl methyl sites for hydroxylation is 1. The summed E-state index contributed by atoms with van der Waals surface area (Å²) in [6.45, 7) is 11.3. The molecule has 306 valence electrons. The zero-order chi connectivity index (χ0) is 37.4. The summed E-state index contributed by atoms with van der Waals surface area (Å²) < 4.78 is 19.3. The highest BCUT2D eigenvalue weighted by Crippen LogP contribution is 2.39. The number of unbranched alkanes of at least 4 members (excludes halogenated alkanes) is 33. The predicted octanol–water partition coefficient (Wildman–Crippen LogP) is 17.2. The Hall–Kier alpha value is -1.38. The van der Waals surface area contributed by atoms with Gasteiger partial charge in [0.05, 0.1) is 19.8 Å². The first-order chi connectivity index (χ1) is 25.7. The van der Waals surface area contributed by atoms with E-state index in [1.165, 1.54) is 217 Å². The average molecular weight is 729 g/mol. The van der Waals surface area contributed by atoms with Crippen LogP contribution in [0.25, 0.3) is 0 Å².